The zero-order valence-corrected chi connectivity index (χ0v) is 29.7. The average molecular weight is 702 g/mol. The third-order valence-corrected chi connectivity index (χ3v) is 9.76. The molecule has 7 atom stereocenters. The number of carbonyl (C=O) groups excluding carboxylic acids is 5. The van der Waals surface area contributed by atoms with Crippen LogP contribution in [0.1, 0.15) is 81.5 Å². The fourth-order valence-electron chi connectivity index (χ4n) is 5.76. The molecule has 0 spiro atoms. The number of thiazole rings is 1. The largest absolute Gasteiger partial charge is 0.480 e. The molecule has 14 nitrogen and oxygen atoms in total. The first-order valence-corrected chi connectivity index (χ1v) is 17.1. The van der Waals surface area contributed by atoms with Crippen LogP contribution in [0, 0.1) is 11.8 Å². The van der Waals surface area contributed by atoms with Crippen molar-refractivity contribution in [2.45, 2.75) is 96.7 Å². The Morgan fingerprint density at radius 1 is 1.16 bits per heavy atom. The second-order valence-corrected chi connectivity index (χ2v) is 13.7. The van der Waals surface area contributed by atoms with Crippen molar-refractivity contribution in [1.82, 2.24) is 25.8 Å². The molecule has 1 fully saturated rings. The number of rotatable bonds is 19. The number of carbonyl (C=O) groups is 6. The third-order valence-electron chi connectivity index (χ3n) is 8.82. The lowest BCUT2D eigenvalue weighted by Gasteiger charge is -2.36. The molecule has 1 aromatic carbocycles. The van der Waals surface area contributed by atoms with E-state index in [0.717, 1.165) is 16.9 Å². The standard InChI is InChI=1S/C34H47N5O9S/c1-8-20(4)28(36-18-40)32(45)39(7)25(19(2)3)15-26(47-21(5)41)31-38-24(17-49-31)30(44)37-23(14-22-12-10-9-11-13-22)29-34(6,48-29)33(46)35-16-27(42)43/h9-13,17-20,23,25-26,28-29H,8,14-16H2,1-7H3,(H,35,46)(H,36,40)(H,37,44)(H,42,43)/t20-,23-,25+,26+,28-,29?,34?/m0/s1. The summed E-state index contributed by atoms with van der Waals surface area (Å²) in [7, 11) is 1.66. The summed E-state index contributed by atoms with van der Waals surface area (Å²) in [5, 5.41) is 18.8. The number of epoxide rings is 1. The van der Waals surface area contributed by atoms with Crippen LogP contribution in [0.3, 0.4) is 0 Å². The number of aromatic nitrogens is 1. The number of amides is 4. The molecule has 2 unspecified atom stereocenters. The van der Waals surface area contributed by atoms with Gasteiger partial charge in [0, 0.05) is 31.8 Å². The Hall–Kier alpha value is -4.37. The van der Waals surface area contributed by atoms with Crippen molar-refractivity contribution in [1.29, 1.82) is 0 Å². The van der Waals surface area contributed by atoms with E-state index in [9.17, 15) is 28.8 Å². The molecule has 0 aliphatic carbocycles. The number of benzene rings is 1. The lowest BCUT2D eigenvalue weighted by Crippen LogP contribution is -2.52. The molecule has 0 saturated carbocycles. The van der Waals surface area contributed by atoms with Crippen LogP contribution >= 0.6 is 11.3 Å². The minimum atomic E-state index is -1.35. The van der Waals surface area contributed by atoms with E-state index in [1.165, 1.54) is 13.8 Å². The van der Waals surface area contributed by atoms with Gasteiger partial charge in [-0.15, -0.1) is 11.3 Å². The van der Waals surface area contributed by atoms with Gasteiger partial charge < -0.3 is 35.4 Å². The third kappa shape index (κ3) is 10.3. The quantitative estimate of drug-likeness (QED) is 0.0960. The lowest BCUT2D eigenvalue weighted by molar-refractivity contribution is -0.149. The van der Waals surface area contributed by atoms with Crippen molar-refractivity contribution >= 4 is 47.4 Å². The van der Waals surface area contributed by atoms with E-state index in [-0.39, 0.29) is 29.9 Å². The number of nitrogens with zero attached hydrogens (tertiary/aromatic N) is 2. The first kappa shape index (κ1) is 39.1. The normalized spacial score (nSPS) is 19.8. The maximum atomic E-state index is 13.6. The van der Waals surface area contributed by atoms with Crippen molar-refractivity contribution in [3.63, 3.8) is 0 Å². The fraction of sp³-hybridized carbons (Fsp3) is 0.559. The van der Waals surface area contributed by atoms with Crippen LogP contribution in [0.15, 0.2) is 35.7 Å². The van der Waals surface area contributed by atoms with Crippen LogP contribution in [0.4, 0.5) is 0 Å². The van der Waals surface area contributed by atoms with E-state index in [2.05, 4.69) is 20.9 Å². The molecule has 1 aromatic heterocycles. The number of carboxylic acid groups (broad SMARTS) is 1. The monoisotopic (exact) mass is 701 g/mol. The number of esters is 1. The van der Waals surface area contributed by atoms with Crippen molar-refractivity contribution in [3.05, 3.63) is 52.0 Å². The van der Waals surface area contributed by atoms with Gasteiger partial charge in [0.2, 0.25) is 12.3 Å². The highest BCUT2D eigenvalue weighted by atomic mass is 32.1. The van der Waals surface area contributed by atoms with Crippen LogP contribution < -0.4 is 16.0 Å². The summed E-state index contributed by atoms with van der Waals surface area (Å²) in [6.07, 6.45) is 0.0858. The molecule has 1 aliphatic heterocycles. The van der Waals surface area contributed by atoms with Gasteiger partial charge in [0.15, 0.2) is 11.7 Å². The van der Waals surface area contributed by atoms with Gasteiger partial charge in [0.1, 0.15) is 29.4 Å². The molecule has 2 heterocycles. The highest BCUT2D eigenvalue weighted by Gasteiger charge is 2.62. The second kappa shape index (κ2) is 17.3. The summed E-state index contributed by atoms with van der Waals surface area (Å²) in [5.74, 6) is -3.35. The second-order valence-electron chi connectivity index (χ2n) is 12.8. The highest BCUT2D eigenvalue weighted by Crippen LogP contribution is 2.40. The number of carboxylic acids is 1. The van der Waals surface area contributed by atoms with Crippen molar-refractivity contribution in [3.8, 4) is 0 Å². The number of likely N-dealkylation sites (N-methyl/N-ethyl adjacent to an activating group) is 1. The summed E-state index contributed by atoms with van der Waals surface area (Å²) in [6.45, 7) is 9.94. The predicted octanol–water partition coefficient (Wildman–Crippen LogP) is 2.48. The minimum absolute atomic E-state index is 0.0606. The maximum absolute atomic E-state index is 13.6. The van der Waals surface area contributed by atoms with Gasteiger partial charge in [-0.05, 0) is 30.7 Å². The average Bonchev–Trinajstić information content (AvgIpc) is 3.51. The van der Waals surface area contributed by atoms with Crippen LogP contribution in [0.2, 0.25) is 0 Å². The Bertz CT molecular complexity index is 1490. The van der Waals surface area contributed by atoms with Crippen LogP contribution in [-0.2, 0) is 39.9 Å². The topological polar surface area (TPSA) is 197 Å². The van der Waals surface area contributed by atoms with Gasteiger partial charge in [-0.3, -0.25) is 28.8 Å². The predicted molar refractivity (Wildman–Crippen MR) is 180 cm³/mol. The van der Waals surface area contributed by atoms with E-state index >= 15 is 0 Å². The zero-order valence-electron chi connectivity index (χ0n) is 28.9. The smallest absolute Gasteiger partial charge is 0.322 e. The molecule has 268 valence electrons. The van der Waals surface area contributed by atoms with Gasteiger partial charge in [-0.25, -0.2) is 4.98 Å². The van der Waals surface area contributed by atoms with Gasteiger partial charge in [0.25, 0.3) is 11.8 Å². The van der Waals surface area contributed by atoms with Crippen molar-refractivity contribution in [2.24, 2.45) is 11.8 Å². The molecule has 4 N–H and O–H groups in total. The van der Waals surface area contributed by atoms with E-state index in [0.29, 0.717) is 24.3 Å². The summed E-state index contributed by atoms with van der Waals surface area (Å²) in [6, 6.07) is 7.50. The number of hydrogen-bond acceptors (Lipinski definition) is 10. The van der Waals surface area contributed by atoms with Crippen LogP contribution in [-0.4, -0.2) is 94.5 Å². The number of aliphatic carboxylic acids is 1. The summed E-state index contributed by atoms with van der Waals surface area (Å²) in [5.41, 5.74) is -0.409. The maximum Gasteiger partial charge on any atom is 0.322 e. The summed E-state index contributed by atoms with van der Waals surface area (Å²) < 4.78 is 11.4. The Morgan fingerprint density at radius 2 is 1.84 bits per heavy atom. The summed E-state index contributed by atoms with van der Waals surface area (Å²) >= 11 is 1.13. The van der Waals surface area contributed by atoms with E-state index in [4.69, 9.17) is 14.6 Å². The summed E-state index contributed by atoms with van der Waals surface area (Å²) in [4.78, 5) is 80.5. The van der Waals surface area contributed by atoms with E-state index in [1.54, 1.807) is 17.3 Å². The van der Waals surface area contributed by atoms with Crippen molar-refractivity contribution < 1.29 is 43.3 Å². The number of nitrogens with one attached hydrogen (secondary N) is 3. The molecule has 1 aliphatic rings. The lowest BCUT2D eigenvalue weighted by atomic mass is 9.93. The van der Waals surface area contributed by atoms with Crippen LogP contribution in [0.5, 0.6) is 0 Å². The molecular weight excluding hydrogens is 654 g/mol. The molecule has 3 rings (SSSR count). The van der Waals surface area contributed by atoms with Crippen molar-refractivity contribution in [2.75, 3.05) is 13.6 Å². The molecule has 2 aromatic rings. The molecule has 0 radical (unpaired) electrons. The van der Waals surface area contributed by atoms with E-state index in [1.807, 2.05) is 58.0 Å². The van der Waals surface area contributed by atoms with E-state index < -0.39 is 66.2 Å². The SMILES string of the molecule is CC[C@H](C)[C@H](NC=O)C(=O)N(C)[C@H](C[C@@H](OC(C)=O)c1nc(C(=O)N[C@@H](Cc2ccccc2)C2OC2(C)C(=O)NCC(=O)O)cs1)C(C)C. The molecule has 0 bridgehead atoms. The number of hydrogen-bond donors (Lipinski definition) is 4. The first-order chi connectivity index (χ1) is 23.1. The molecule has 1 saturated heterocycles. The Labute approximate surface area is 290 Å². The van der Waals surface area contributed by atoms with Gasteiger partial charge in [-0.1, -0.05) is 64.4 Å². The van der Waals surface area contributed by atoms with Crippen LogP contribution in [0.25, 0.3) is 0 Å². The molecule has 49 heavy (non-hydrogen) atoms. The van der Waals surface area contributed by atoms with Gasteiger partial charge in [-0.2, -0.15) is 0 Å². The molecule has 4 amide bonds. The van der Waals surface area contributed by atoms with Gasteiger partial charge in [0.05, 0.1) is 6.04 Å². The Balaban J connectivity index is 1.83. The molecule has 15 heteroatoms. The Morgan fingerprint density at radius 3 is 2.41 bits per heavy atom. The first-order valence-electron chi connectivity index (χ1n) is 16.2. The minimum Gasteiger partial charge on any atom is -0.480 e. The van der Waals surface area contributed by atoms with Gasteiger partial charge >= 0.3 is 11.9 Å². The Kier molecular flexibility index (Phi) is 13.8. The zero-order chi connectivity index (χ0) is 36.5. The highest BCUT2D eigenvalue weighted by molar-refractivity contribution is 7.09. The molecular formula is C34H47N5O9S. The fourth-order valence-corrected chi connectivity index (χ4v) is 6.60. The number of ether oxygens (including phenoxy) is 2.